The Morgan fingerprint density at radius 2 is 2.15 bits per heavy atom. The van der Waals surface area contributed by atoms with Gasteiger partial charge in [0, 0.05) is 10.0 Å². The summed E-state index contributed by atoms with van der Waals surface area (Å²) >= 11 is 6.68. The van der Waals surface area contributed by atoms with Crippen molar-refractivity contribution < 1.29 is 9.53 Å². The van der Waals surface area contributed by atoms with E-state index in [1.165, 1.54) is 0 Å². The number of carbonyl (C=O) groups excluding carboxylic acids is 1. The van der Waals surface area contributed by atoms with Gasteiger partial charge in [-0.25, -0.2) is 4.79 Å². The molecule has 2 nitrogen and oxygen atoms in total. The van der Waals surface area contributed by atoms with Crippen LogP contribution in [-0.4, -0.2) is 5.97 Å². The van der Waals surface area contributed by atoms with Crippen molar-refractivity contribution in [1.82, 2.24) is 0 Å². The molecule has 1 heterocycles. The van der Waals surface area contributed by atoms with Crippen LogP contribution in [0.3, 0.4) is 0 Å². The molecule has 1 aromatic carbocycles. The summed E-state index contributed by atoms with van der Waals surface area (Å²) in [5.74, 6) is -0.257. The summed E-state index contributed by atoms with van der Waals surface area (Å²) in [5.41, 5.74) is 2.59. The summed E-state index contributed by atoms with van der Waals surface area (Å²) in [6, 6.07) is 3.75. The van der Waals surface area contributed by atoms with E-state index in [1.807, 2.05) is 19.1 Å². The summed E-state index contributed by atoms with van der Waals surface area (Å²) < 4.78 is 5.99. The number of esters is 1. The molecule has 0 aliphatic carbocycles. The quantitative estimate of drug-likeness (QED) is 0.543. The van der Waals surface area contributed by atoms with Crippen molar-refractivity contribution >= 4 is 37.8 Å². The predicted octanol–water partition coefficient (Wildman–Crippen LogP) is 3.32. The first-order chi connectivity index (χ1) is 6.09. The van der Waals surface area contributed by atoms with E-state index in [0.717, 1.165) is 15.6 Å². The Labute approximate surface area is 92.5 Å². The van der Waals surface area contributed by atoms with Gasteiger partial charge in [-0.2, -0.15) is 0 Å². The second kappa shape index (κ2) is 3.10. The minimum absolute atomic E-state index is 0.257. The number of aryl methyl sites for hydroxylation is 1. The highest BCUT2D eigenvalue weighted by Gasteiger charge is 2.29. The zero-order chi connectivity index (χ0) is 9.59. The SMILES string of the molecule is Cc1cc2c(cc1Br)C(Br)OC2=O. The van der Waals surface area contributed by atoms with Crippen LogP contribution in [0.5, 0.6) is 0 Å². The predicted molar refractivity (Wildman–Crippen MR) is 56.0 cm³/mol. The Hall–Kier alpha value is -0.350. The average molecular weight is 306 g/mol. The van der Waals surface area contributed by atoms with E-state index in [9.17, 15) is 4.79 Å². The van der Waals surface area contributed by atoms with Crippen molar-refractivity contribution in [3.05, 3.63) is 33.3 Å². The number of ether oxygens (including phenoxy) is 1. The minimum atomic E-state index is -0.299. The summed E-state index contributed by atoms with van der Waals surface area (Å²) in [7, 11) is 0. The van der Waals surface area contributed by atoms with Gasteiger partial charge in [-0.1, -0.05) is 15.9 Å². The maximum absolute atomic E-state index is 11.3. The van der Waals surface area contributed by atoms with E-state index in [-0.39, 0.29) is 11.0 Å². The number of rotatable bonds is 0. The third-order valence-corrected chi connectivity index (χ3v) is 3.54. The topological polar surface area (TPSA) is 26.3 Å². The van der Waals surface area contributed by atoms with Crippen LogP contribution in [0.25, 0.3) is 0 Å². The Morgan fingerprint density at radius 1 is 1.46 bits per heavy atom. The minimum Gasteiger partial charge on any atom is -0.442 e. The molecule has 0 fully saturated rings. The number of halogens is 2. The van der Waals surface area contributed by atoms with Crippen LogP contribution in [0.2, 0.25) is 0 Å². The Bertz CT molecular complexity index is 387. The van der Waals surface area contributed by atoms with E-state index < -0.39 is 0 Å². The lowest BCUT2D eigenvalue weighted by atomic mass is 10.1. The number of hydrogen-bond acceptors (Lipinski definition) is 2. The van der Waals surface area contributed by atoms with Gasteiger partial charge < -0.3 is 4.74 Å². The highest BCUT2D eigenvalue weighted by Crippen LogP contribution is 2.37. The first-order valence-corrected chi connectivity index (χ1v) is 5.45. The molecule has 68 valence electrons. The molecule has 13 heavy (non-hydrogen) atoms. The molecule has 1 atom stereocenters. The number of alkyl halides is 1. The fourth-order valence-corrected chi connectivity index (χ4v) is 2.19. The first-order valence-electron chi connectivity index (χ1n) is 3.74. The van der Waals surface area contributed by atoms with Crippen molar-refractivity contribution in [3.8, 4) is 0 Å². The molecule has 0 aromatic heterocycles. The van der Waals surface area contributed by atoms with Gasteiger partial charge in [0.1, 0.15) is 0 Å². The maximum Gasteiger partial charge on any atom is 0.340 e. The van der Waals surface area contributed by atoms with Gasteiger partial charge in [-0.3, -0.25) is 0 Å². The molecule has 1 aromatic rings. The van der Waals surface area contributed by atoms with Gasteiger partial charge in [-0.15, -0.1) is 0 Å². The Morgan fingerprint density at radius 3 is 2.85 bits per heavy atom. The van der Waals surface area contributed by atoms with Gasteiger partial charge in [-0.05, 0) is 40.5 Å². The summed E-state index contributed by atoms with van der Waals surface area (Å²) in [6.07, 6.45) is 0. The monoisotopic (exact) mass is 304 g/mol. The second-order valence-corrected chi connectivity index (χ2v) is 4.60. The van der Waals surface area contributed by atoms with Crippen molar-refractivity contribution in [1.29, 1.82) is 0 Å². The van der Waals surface area contributed by atoms with E-state index in [4.69, 9.17) is 4.74 Å². The van der Waals surface area contributed by atoms with Crippen molar-refractivity contribution in [2.75, 3.05) is 0 Å². The molecular formula is C9H6Br2O2. The van der Waals surface area contributed by atoms with Crippen LogP contribution in [0.4, 0.5) is 0 Å². The zero-order valence-corrected chi connectivity index (χ0v) is 9.98. The molecule has 0 spiro atoms. The molecule has 0 amide bonds. The molecule has 1 unspecified atom stereocenters. The van der Waals surface area contributed by atoms with Gasteiger partial charge in [0.25, 0.3) is 0 Å². The molecule has 0 saturated heterocycles. The molecule has 4 heteroatoms. The van der Waals surface area contributed by atoms with Crippen LogP contribution in [-0.2, 0) is 4.74 Å². The molecule has 1 aliphatic heterocycles. The van der Waals surface area contributed by atoms with E-state index in [2.05, 4.69) is 31.9 Å². The highest BCUT2D eigenvalue weighted by molar-refractivity contribution is 9.10. The fourth-order valence-electron chi connectivity index (χ4n) is 1.28. The maximum atomic E-state index is 11.3. The van der Waals surface area contributed by atoms with Crippen molar-refractivity contribution in [3.63, 3.8) is 0 Å². The van der Waals surface area contributed by atoms with E-state index in [1.54, 1.807) is 0 Å². The third-order valence-electron chi connectivity index (χ3n) is 2.01. The standard InChI is InChI=1S/C9H6Br2O2/c1-4-2-6-5(3-7(4)10)8(11)13-9(6)12/h2-3,8H,1H3. The second-order valence-electron chi connectivity index (χ2n) is 2.91. The van der Waals surface area contributed by atoms with Crippen LogP contribution < -0.4 is 0 Å². The van der Waals surface area contributed by atoms with E-state index >= 15 is 0 Å². The number of carbonyl (C=O) groups is 1. The number of hydrogen-bond donors (Lipinski definition) is 0. The van der Waals surface area contributed by atoms with Crippen LogP contribution in [0.1, 0.15) is 26.5 Å². The summed E-state index contributed by atoms with van der Waals surface area (Å²) in [4.78, 5) is 11.3. The summed E-state index contributed by atoms with van der Waals surface area (Å²) in [5, 5.41) is -0.299. The molecule has 1 aliphatic rings. The number of benzene rings is 1. The van der Waals surface area contributed by atoms with Gasteiger partial charge in [0.2, 0.25) is 0 Å². The average Bonchev–Trinajstić information content (AvgIpc) is 2.31. The van der Waals surface area contributed by atoms with Gasteiger partial charge >= 0.3 is 5.97 Å². The third kappa shape index (κ3) is 1.42. The Balaban J connectivity index is 2.65. The zero-order valence-electron chi connectivity index (χ0n) is 6.80. The highest BCUT2D eigenvalue weighted by atomic mass is 79.9. The summed E-state index contributed by atoms with van der Waals surface area (Å²) in [6.45, 7) is 1.94. The molecule has 0 N–H and O–H groups in total. The van der Waals surface area contributed by atoms with E-state index in [0.29, 0.717) is 5.56 Å². The van der Waals surface area contributed by atoms with Crippen LogP contribution in [0, 0.1) is 6.92 Å². The molecule has 0 radical (unpaired) electrons. The largest absolute Gasteiger partial charge is 0.442 e. The fraction of sp³-hybridized carbons (Fsp3) is 0.222. The number of fused-ring (bicyclic) bond motifs is 1. The first kappa shape index (κ1) is 9.21. The smallest absolute Gasteiger partial charge is 0.340 e. The van der Waals surface area contributed by atoms with Crippen LogP contribution in [0.15, 0.2) is 16.6 Å². The molecular weight excluding hydrogens is 300 g/mol. The molecule has 0 bridgehead atoms. The molecule has 2 rings (SSSR count). The van der Waals surface area contributed by atoms with Crippen LogP contribution >= 0.6 is 31.9 Å². The van der Waals surface area contributed by atoms with Gasteiger partial charge in [0.15, 0.2) is 5.01 Å². The number of cyclic esters (lactones) is 1. The van der Waals surface area contributed by atoms with Crippen molar-refractivity contribution in [2.24, 2.45) is 0 Å². The van der Waals surface area contributed by atoms with Crippen molar-refractivity contribution in [2.45, 2.75) is 11.9 Å². The molecule has 0 saturated carbocycles. The lowest BCUT2D eigenvalue weighted by molar-refractivity contribution is 0.0530. The Kier molecular flexibility index (Phi) is 2.20. The lowest BCUT2D eigenvalue weighted by Gasteiger charge is -2.02. The lowest BCUT2D eigenvalue weighted by Crippen LogP contribution is -1.94. The van der Waals surface area contributed by atoms with Gasteiger partial charge in [0.05, 0.1) is 5.56 Å². The normalized spacial score (nSPS) is 19.9.